The first-order valence-corrected chi connectivity index (χ1v) is 10.5. The second-order valence-corrected chi connectivity index (χ2v) is 7.86. The maximum Gasteiger partial charge on any atom is 0.263 e. The quantitative estimate of drug-likeness (QED) is 0.286. The molecule has 6 heteroatoms. The summed E-state index contributed by atoms with van der Waals surface area (Å²) in [6.45, 7) is -0.0896. The van der Waals surface area contributed by atoms with Crippen molar-refractivity contribution in [2.45, 2.75) is 0 Å². The Morgan fingerprint density at radius 2 is 1.64 bits per heavy atom. The van der Waals surface area contributed by atoms with Crippen LogP contribution in [-0.2, 0) is 0 Å². The van der Waals surface area contributed by atoms with Crippen LogP contribution in [0.3, 0.4) is 0 Å². The second kappa shape index (κ2) is 7.31. The molecule has 0 N–H and O–H groups in total. The van der Waals surface area contributed by atoms with E-state index in [1.165, 1.54) is 0 Å². The summed E-state index contributed by atoms with van der Waals surface area (Å²) in [7, 11) is 1.58. The second-order valence-electron chi connectivity index (χ2n) is 7.86. The lowest BCUT2D eigenvalue weighted by Crippen LogP contribution is -2.13. The molecular formula is C27H18N2O4. The fourth-order valence-electron chi connectivity index (χ4n) is 4.45. The number of ether oxygens (including phenoxy) is 2. The first kappa shape index (κ1) is 19.3. The van der Waals surface area contributed by atoms with E-state index in [4.69, 9.17) is 9.47 Å². The Kier molecular flexibility index (Phi) is 4.26. The van der Waals surface area contributed by atoms with Gasteiger partial charge >= 0.3 is 0 Å². The normalized spacial score (nSPS) is 11.5. The molecule has 3 heterocycles. The summed E-state index contributed by atoms with van der Waals surface area (Å²) >= 11 is 0. The third-order valence-electron chi connectivity index (χ3n) is 6.04. The molecule has 0 radical (unpaired) electrons. The summed E-state index contributed by atoms with van der Waals surface area (Å²) in [5, 5.41) is 3.27. The van der Waals surface area contributed by atoms with Gasteiger partial charge in [-0.1, -0.05) is 18.2 Å². The van der Waals surface area contributed by atoms with E-state index >= 15 is 0 Å². The molecule has 0 unspecified atom stereocenters. The minimum absolute atomic E-state index is 0.0746. The number of carbonyl (C=O) groups excluding carboxylic acids is 1. The molecule has 6 rings (SSSR count). The molecule has 0 spiro atoms. The number of pyridine rings is 2. The zero-order valence-electron chi connectivity index (χ0n) is 17.7. The van der Waals surface area contributed by atoms with E-state index in [2.05, 4.69) is 4.98 Å². The third kappa shape index (κ3) is 2.91. The van der Waals surface area contributed by atoms with E-state index in [0.717, 1.165) is 32.7 Å². The predicted octanol–water partition coefficient (Wildman–Crippen LogP) is 4.86. The maximum atomic E-state index is 13.3. The number of hydrogen-bond donors (Lipinski definition) is 0. The Morgan fingerprint density at radius 1 is 0.879 bits per heavy atom. The Labute approximate surface area is 188 Å². The highest BCUT2D eigenvalue weighted by Crippen LogP contribution is 2.34. The standard InChI is InChI=1S/C27H18N2O4/c1-32-17-8-6-16(7-9-17)24(30)15-33-18-10-11-23-22(14-18)20-12-13-28-25-19-4-2-3-5-21(19)27(31)29(23)26(20)25/h2-14H,15H2,1H3. The largest absolute Gasteiger partial charge is 0.497 e. The molecule has 0 atom stereocenters. The highest BCUT2D eigenvalue weighted by molar-refractivity contribution is 6.18. The first-order valence-electron chi connectivity index (χ1n) is 10.5. The number of benzene rings is 3. The summed E-state index contributed by atoms with van der Waals surface area (Å²) in [5.41, 5.74) is 2.85. The van der Waals surface area contributed by atoms with Gasteiger partial charge in [-0.2, -0.15) is 0 Å². The van der Waals surface area contributed by atoms with Gasteiger partial charge in [-0.3, -0.25) is 19.0 Å². The average molecular weight is 434 g/mol. The van der Waals surface area contributed by atoms with Crippen molar-refractivity contribution in [3.8, 4) is 11.5 Å². The Hall–Kier alpha value is -4.45. The molecule has 0 saturated carbocycles. The molecule has 160 valence electrons. The topological polar surface area (TPSA) is 69.9 Å². The first-order chi connectivity index (χ1) is 16.2. The van der Waals surface area contributed by atoms with Crippen LogP contribution in [0.25, 0.3) is 38.1 Å². The lowest BCUT2D eigenvalue weighted by molar-refractivity contribution is 0.0921. The highest BCUT2D eigenvalue weighted by Gasteiger charge is 2.18. The minimum atomic E-state index is -0.129. The van der Waals surface area contributed by atoms with Gasteiger partial charge in [-0.05, 0) is 54.6 Å². The van der Waals surface area contributed by atoms with Gasteiger partial charge in [0.05, 0.1) is 23.7 Å². The Balaban J connectivity index is 1.43. The van der Waals surface area contributed by atoms with Crippen molar-refractivity contribution in [2.24, 2.45) is 0 Å². The Bertz CT molecular complexity index is 1740. The predicted molar refractivity (Wildman–Crippen MR) is 128 cm³/mol. The molecule has 6 nitrogen and oxygen atoms in total. The van der Waals surface area contributed by atoms with E-state index < -0.39 is 0 Å². The number of methoxy groups -OCH3 is 1. The third-order valence-corrected chi connectivity index (χ3v) is 6.04. The van der Waals surface area contributed by atoms with Crippen molar-refractivity contribution in [2.75, 3.05) is 13.7 Å². The molecule has 0 fully saturated rings. The molecule has 6 aromatic rings. The number of Topliss-reactive ketones (excluding diaryl/α,β-unsaturated/α-hetero) is 1. The van der Waals surface area contributed by atoms with Crippen molar-refractivity contribution in [1.82, 2.24) is 9.38 Å². The van der Waals surface area contributed by atoms with E-state index in [-0.39, 0.29) is 17.9 Å². The van der Waals surface area contributed by atoms with Gasteiger partial charge in [0.1, 0.15) is 11.5 Å². The number of rotatable bonds is 5. The molecule has 0 saturated heterocycles. The number of hydrogen-bond acceptors (Lipinski definition) is 5. The van der Waals surface area contributed by atoms with Crippen molar-refractivity contribution >= 4 is 43.9 Å². The molecule has 0 bridgehead atoms. The molecule has 3 aromatic carbocycles. The van der Waals surface area contributed by atoms with Gasteiger partial charge in [0.25, 0.3) is 5.56 Å². The monoisotopic (exact) mass is 434 g/mol. The van der Waals surface area contributed by atoms with Crippen LogP contribution >= 0.6 is 0 Å². The summed E-state index contributed by atoms with van der Waals surface area (Å²) in [4.78, 5) is 30.4. The van der Waals surface area contributed by atoms with Crippen LogP contribution < -0.4 is 15.0 Å². The van der Waals surface area contributed by atoms with Gasteiger partial charge in [0.2, 0.25) is 0 Å². The fraction of sp³-hybridized carbons (Fsp3) is 0.0741. The number of nitrogens with zero attached hydrogens (tertiary/aromatic N) is 2. The van der Waals surface area contributed by atoms with Crippen molar-refractivity contribution in [3.05, 3.63) is 94.9 Å². The van der Waals surface area contributed by atoms with Gasteiger partial charge in [-0.15, -0.1) is 0 Å². The van der Waals surface area contributed by atoms with E-state index in [0.29, 0.717) is 22.4 Å². The van der Waals surface area contributed by atoms with Crippen molar-refractivity contribution in [1.29, 1.82) is 0 Å². The number of aromatic nitrogens is 2. The number of ketones is 1. The summed E-state index contributed by atoms with van der Waals surface area (Å²) < 4.78 is 12.7. The smallest absolute Gasteiger partial charge is 0.263 e. The van der Waals surface area contributed by atoms with E-state index in [9.17, 15) is 9.59 Å². The van der Waals surface area contributed by atoms with E-state index in [1.807, 2.05) is 42.5 Å². The van der Waals surface area contributed by atoms with Crippen LogP contribution in [-0.4, -0.2) is 28.9 Å². The van der Waals surface area contributed by atoms with Crippen LogP contribution in [0.1, 0.15) is 10.4 Å². The van der Waals surface area contributed by atoms with Crippen LogP contribution in [0, 0.1) is 0 Å². The lowest BCUT2D eigenvalue weighted by atomic mass is 10.1. The van der Waals surface area contributed by atoms with Gasteiger partial charge in [-0.25, -0.2) is 0 Å². The Morgan fingerprint density at radius 3 is 2.42 bits per heavy atom. The van der Waals surface area contributed by atoms with Crippen molar-refractivity contribution < 1.29 is 14.3 Å². The molecule has 33 heavy (non-hydrogen) atoms. The molecule has 0 aliphatic heterocycles. The molecule has 0 amide bonds. The number of fused-ring (bicyclic) bond motifs is 5. The summed E-state index contributed by atoms with van der Waals surface area (Å²) in [5.74, 6) is 1.12. The SMILES string of the molecule is COc1ccc(C(=O)COc2ccc3c(c2)c2ccnc4c5ccccc5c(=O)n3c24)cc1. The highest BCUT2D eigenvalue weighted by atomic mass is 16.5. The minimum Gasteiger partial charge on any atom is -0.497 e. The number of carbonyl (C=O) groups is 1. The van der Waals surface area contributed by atoms with Gasteiger partial charge in [0, 0.05) is 33.3 Å². The van der Waals surface area contributed by atoms with Crippen LogP contribution in [0.5, 0.6) is 11.5 Å². The van der Waals surface area contributed by atoms with E-state index in [1.54, 1.807) is 48.0 Å². The van der Waals surface area contributed by atoms with Crippen molar-refractivity contribution in [3.63, 3.8) is 0 Å². The maximum absolute atomic E-state index is 13.3. The van der Waals surface area contributed by atoms with Gasteiger partial charge in [0.15, 0.2) is 12.4 Å². The van der Waals surface area contributed by atoms with Crippen LogP contribution in [0.15, 0.2) is 83.8 Å². The molecular weight excluding hydrogens is 416 g/mol. The lowest BCUT2D eigenvalue weighted by Gasteiger charge is -2.07. The molecule has 0 aliphatic carbocycles. The average Bonchev–Trinajstić information content (AvgIpc) is 3.20. The summed E-state index contributed by atoms with van der Waals surface area (Å²) in [6, 6.07) is 21.9. The molecule has 0 aliphatic rings. The van der Waals surface area contributed by atoms with Crippen LogP contribution in [0.2, 0.25) is 0 Å². The fourth-order valence-corrected chi connectivity index (χ4v) is 4.45. The van der Waals surface area contributed by atoms with Gasteiger partial charge < -0.3 is 9.47 Å². The zero-order valence-corrected chi connectivity index (χ0v) is 17.7. The van der Waals surface area contributed by atoms with Crippen LogP contribution in [0.4, 0.5) is 0 Å². The zero-order chi connectivity index (χ0) is 22.5. The molecule has 3 aromatic heterocycles. The summed E-state index contributed by atoms with van der Waals surface area (Å²) in [6.07, 6.45) is 1.76.